The zero-order valence-corrected chi connectivity index (χ0v) is 20.1. The zero-order valence-electron chi connectivity index (χ0n) is 18.5. The van der Waals surface area contributed by atoms with E-state index in [0.717, 1.165) is 12.8 Å². The smallest absolute Gasteiger partial charge is 0.318 e. The maximum Gasteiger partial charge on any atom is 0.318 e. The normalized spacial score (nSPS) is 17.1. The monoisotopic (exact) mass is 473 g/mol. The van der Waals surface area contributed by atoms with Crippen molar-refractivity contribution in [3.8, 4) is 5.00 Å². The highest BCUT2D eigenvalue weighted by Gasteiger charge is 2.36. The van der Waals surface area contributed by atoms with Crippen LogP contribution in [0, 0.1) is 0 Å². The topological polar surface area (TPSA) is 37.3 Å². The van der Waals surface area contributed by atoms with Crippen molar-refractivity contribution >= 4 is 28.7 Å². The Kier molecular flexibility index (Phi) is 5.56. The van der Waals surface area contributed by atoms with E-state index in [4.69, 9.17) is 0 Å². The maximum atomic E-state index is 13.7. The van der Waals surface area contributed by atoms with Gasteiger partial charge in [-0.05, 0) is 66.8 Å². The molecule has 3 aromatic heterocycles. The minimum atomic E-state index is -0.0874. The molecule has 0 spiro atoms. The first-order valence-corrected chi connectivity index (χ1v) is 13.4. The Morgan fingerprint density at radius 3 is 2.73 bits per heavy atom. The number of aryl methyl sites for hydroxylation is 1. The summed E-state index contributed by atoms with van der Waals surface area (Å²) in [5.74, 6) is 0. The fraction of sp³-hybridized carbons (Fsp3) is 0.296. The second kappa shape index (κ2) is 8.84. The summed E-state index contributed by atoms with van der Waals surface area (Å²) >= 11 is 3.66. The largest absolute Gasteiger partial charge is 0.338 e. The van der Waals surface area contributed by atoms with Gasteiger partial charge in [-0.1, -0.05) is 36.4 Å². The average Bonchev–Trinajstić information content (AvgIpc) is 3.59. The van der Waals surface area contributed by atoms with Gasteiger partial charge in [0.15, 0.2) is 0 Å². The first kappa shape index (κ1) is 20.8. The molecule has 0 fully saturated rings. The molecule has 0 saturated heterocycles. The zero-order chi connectivity index (χ0) is 22.2. The molecule has 168 valence electrons. The van der Waals surface area contributed by atoms with E-state index in [1.807, 2.05) is 29.5 Å². The van der Waals surface area contributed by atoms with Gasteiger partial charge in [-0.2, -0.15) is 0 Å². The molecule has 2 amide bonds. The molecule has 0 bridgehead atoms. The van der Waals surface area contributed by atoms with Crippen molar-refractivity contribution in [3.63, 3.8) is 0 Å². The third kappa shape index (κ3) is 3.81. The number of urea groups is 1. The third-order valence-electron chi connectivity index (χ3n) is 6.79. The van der Waals surface area contributed by atoms with Gasteiger partial charge < -0.3 is 14.8 Å². The van der Waals surface area contributed by atoms with Crippen molar-refractivity contribution in [2.45, 2.75) is 44.7 Å². The van der Waals surface area contributed by atoms with E-state index in [1.54, 1.807) is 11.3 Å². The van der Waals surface area contributed by atoms with Crippen LogP contribution in [0.5, 0.6) is 0 Å². The van der Waals surface area contributed by atoms with Crippen LogP contribution in [0.3, 0.4) is 0 Å². The summed E-state index contributed by atoms with van der Waals surface area (Å²) < 4.78 is 2.35. The van der Waals surface area contributed by atoms with Crippen molar-refractivity contribution in [1.29, 1.82) is 0 Å². The molecule has 4 heterocycles. The maximum absolute atomic E-state index is 13.7. The second-order valence-corrected chi connectivity index (χ2v) is 10.9. The number of amides is 2. The van der Waals surface area contributed by atoms with E-state index in [2.05, 4.69) is 62.8 Å². The summed E-state index contributed by atoms with van der Waals surface area (Å²) in [6.07, 6.45) is 7.82. The quantitative estimate of drug-likeness (QED) is 0.369. The molecule has 1 atom stereocenters. The van der Waals surface area contributed by atoms with Gasteiger partial charge in [0.25, 0.3) is 0 Å². The van der Waals surface area contributed by atoms with Gasteiger partial charge in [0, 0.05) is 28.1 Å². The first-order valence-electron chi connectivity index (χ1n) is 11.7. The van der Waals surface area contributed by atoms with Crippen LogP contribution < -0.4 is 5.32 Å². The van der Waals surface area contributed by atoms with Gasteiger partial charge in [-0.3, -0.25) is 0 Å². The average molecular weight is 474 g/mol. The standard InChI is InChI=1S/C27H27N3OS2/c31-27(28-15-14-19-8-2-1-3-9-19)30-18-21-20-10-4-5-12-23(20)33-26(21)29-16-6-11-22(29)25(30)24-13-7-17-32-24/h1-3,6-9,11,13,16-17,25H,4-5,10,12,14-15,18H2,(H,28,31). The number of hydrogen-bond acceptors (Lipinski definition) is 3. The number of rotatable bonds is 4. The highest BCUT2D eigenvalue weighted by molar-refractivity contribution is 7.15. The van der Waals surface area contributed by atoms with Crippen molar-refractivity contribution in [2.24, 2.45) is 0 Å². The van der Waals surface area contributed by atoms with Crippen molar-refractivity contribution in [1.82, 2.24) is 14.8 Å². The molecule has 1 unspecified atom stereocenters. The van der Waals surface area contributed by atoms with E-state index < -0.39 is 0 Å². The number of fused-ring (bicyclic) bond motifs is 5. The number of hydrogen-bond donors (Lipinski definition) is 1. The van der Waals surface area contributed by atoms with Crippen LogP contribution in [0.2, 0.25) is 0 Å². The Hall–Kier alpha value is -2.83. The number of benzene rings is 1. The van der Waals surface area contributed by atoms with Gasteiger partial charge in [0.05, 0.1) is 12.2 Å². The lowest BCUT2D eigenvalue weighted by Crippen LogP contribution is -2.42. The van der Waals surface area contributed by atoms with Gasteiger partial charge in [0.2, 0.25) is 0 Å². The van der Waals surface area contributed by atoms with E-state index in [0.29, 0.717) is 13.1 Å². The summed E-state index contributed by atoms with van der Waals surface area (Å²) in [6, 6.07) is 18.8. The van der Waals surface area contributed by atoms with Crippen LogP contribution in [0.4, 0.5) is 4.79 Å². The second-order valence-electron chi connectivity index (χ2n) is 8.81. The molecule has 1 aliphatic carbocycles. The summed E-state index contributed by atoms with van der Waals surface area (Å²) in [5, 5.41) is 6.65. The van der Waals surface area contributed by atoms with Gasteiger partial charge >= 0.3 is 6.03 Å². The van der Waals surface area contributed by atoms with Crippen LogP contribution in [0.25, 0.3) is 5.00 Å². The van der Waals surface area contributed by atoms with Crippen LogP contribution in [-0.2, 0) is 25.8 Å². The Morgan fingerprint density at radius 2 is 1.88 bits per heavy atom. The molecule has 6 heteroatoms. The molecule has 1 aliphatic heterocycles. The summed E-state index contributed by atoms with van der Waals surface area (Å²) in [4.78, 5) is 18.5. The molecule has 4 aromatic rings. The number of aromatic nitrogens is 1. The Bertz CT molecular complexity index is 1260. The fourth-order valence-electron chi connectivity index (χ4n) is 5.19. The van der Waals surface area contributed by atoms with Crippen LogP contribution in [0.1, 0.15) is 51.0 Å². The Balaban J connectivity index is 1.37. The highest BCUT2D eigenvalue weighted by Crippen LogP contribution is 2.44. The molecule has 0 saturated carbocycles. The fourth-order valence-corrected chi connectivity index (χ4v) is 7.45. The van der Waals surface area contributed by atoms with E-state index in [1.165, 1.54) is 56.4 Å². The highest BCUT2D eigenvalue weighted by atomic mass is 32.1. The van der Waals surface area contributed by atoms with Crippen LogP contribution in [-0.4, -0.2) is 22.0 Å². The molecular weight excluding hydrogens is 446 g/mol. The van der Waals surface area contributed by atoms with Crippen LogP contribution >= 0.6 is 22.7 Å². The summed E-state index contributed by atoms with van der Waals surface area (Å²) in [6.45, 7) is 1.29. The molecule has 0 radical (unpaired) electrons. The molecule has 4 nitrogen and oxygen atoms in total. The molecule has 6 rings (SSSR count). The van der Waals surface area contributed by atoms with Crippen LogP contribution in [0.15, 0.2) is 66.2 Å². The molecule has 2 aliphatic rings. The van der Waals surface area contributed by atoms with E-state index in [9.17, 15) is 4.79 Å². The van der Waals surface area contributed by atoms with E-state index >= 15 is 0 Å². The minimum absolute atomic E-state index is 0.0145. The Labute approximate surface area is 202 Å². The lowest BCUT2D eigenvalue weighted by molar-refractivity contribution is 0.181. The van der Waals surface area contributed by atoms with Crippen molar-refractivity contribution in [2.75, 3.05) is 6.54 Å². The number of nitrogens with one attached hydrogen (secondary N) is 1. The lowest BCUT2D eigenvalue weighted by Gasteiger charge is -2.30. The predicted molar refractivity (Wildman–Crippen MR) is 136 cm³/mol. The lowest BCUT2D eigenvalue weighted by atomic mass is 9.95. The SMILES string of the molecule is O=C(NCCc1ccccc1)N1Cc2c(sc3c2CCCC3)-n2cccc2C1c1cccs1. The van der Waals surface area contributed by atoms with Gasteiger partial charge in [-0.15, -0.1) is 22.7 Å². The van der Waals surface area contributed by atoms with Crippen molar-refractivity contribution in [3.05, 3.63) is 98.3 Å². The predicted octanol–water partition coefficient (Wildman–Crippen LogP) is 6.34. The number of thiophene rings is 2. The molecule has 1 N–H and O–H groups in total. The molecular formula is C27H27N3OS2. The summed E-state index contributed by atoms with van der Waals surface area (Å²) in [7, 11) is 0. The first-order chi connectivity index (χ1) is 16.3. The molecule has 1 aromatic carbocycles. The van der Waals surface area contributed by atoms with E-state index in [-0.39, 0.29) is 12.1 Å². The van der Waals surface area contributed by atoms with Crippen molar-refractivity contribution < 1.29 is 4.79 Å². The number of carbonyl (C=O) groups is 1. The molecule has 33 heavy (non-hydrogen) atoms. The summed E-state index contributed by atoms with van der Waals surface area (Å²) in [5.41, 5.74) is 5.26. The van der Waals surface area contributed by atoms with Gasteiger partial charge in [0.1, 0.15) is 11.0 Å². The minimum Gasteiger partial charge on any atom is -0.338 e. The number of carbonyl (C=O) groups excluding carboxylic acids is 1. The Morgan fingerprint density at radius 1 is 1.00 bits per heavy atom. The third-order valence-corrected chi connectivity index (χ3v) is 9.04. The van der Waals surface area contributed by atoms with Gasteiger partial charge in [-0.25, -0.2) is 4.79 Å². The number of nitrogens with zero attached hydrogens (tertiary/aromatic N) is 2.